The summed E-state index contributed by atoms with van der Waals surface area (Å²) in [5.41, 5.74) is 5.88. The van der Waals surface area contributed by atoms with Crippen LogP contribution in [0.5, 0.6) is 0 Å². The van der Waals surface area contributed by atoms with Crippen LogP contribution < -0.4 is 16.4 Å². The van der Waals surface area contributed by atoms with Crippen molar-refractivity contribution in [1.82, 2.24) is 10.6 Å². The molecule has 24 heavy (non-hydrogen) atoms. The van der Waals surface area contributed by atoms with E-state index in [0.717, 1.165) is 23.6 Å². The highest BCUT2D eigenvalue weighted by molar-refractivity contribution is 14.0. The molecule has 0 fully saturated rings. The molecule has 4 N–H and O–H groups in total. The first-order valence-corrected chi connectivity index (χ1v) is 9.25. The van der Waals surface area contributed by atoms with Crippen molar-refractivity contribution in [3.63, 3.8) is 0 Å². The molecule has 0 saturated carbocycles. The van der Waals surface area contributed by atoms with E-state index in [9.17, 15) is 4.79 Å². The number of aliphatic imine (C=N–C) groups is 1. The lowest BCUT2D eigenvalue weighted by Gasteiger charge is -2.15. The summed E-state index contributed by atoms with van der Waals surface area (Å²) in [5, 5.41) is 7.99. The van der Waals surface area contributed by atoms with E-state index in [1.165, 1.54) is 24.2 Å². The molecule has 0 aliphatic heterocycles. The minimum absolute atomic E-state index is 0. The predicted molar refractivity (Wildman–Crippen MR) is 114 cm³/mol. The van der Waals surface area contributed by atoms with E-state index in [2.05, 4.69) is 36.4 Å². The lowest BCUT2D eigenvalue weighted by Crippen LogP contribution is -2.38. The number of hydrogen-bond donors (Lipinski definition) is 3. The van der Waals surface area contributed by atoms with Gasteiger partial charge in [0.15, 0.2) is 5.96 Å². The van der Waals surface area contributed by atoms with Gasteiger partial charge < -0.3 is 16.4 Å². The normalized spacial score (nSPS) is 12.6. The highest BCUT2D eigenvalue weighted by Gasteiger charge is 2.05. The van der Waals surface area contributed by atoms with E-state index in [4.69, 9.17) is 5.73 Å². The molecule has 1 atom stereocenters. The van der Waals surface area contributed by atoms with Gasteiger partial charge in [-0.1, -0.05) is 32.8 Å². The van der Waals surface area contributed by atoms with Crippen molar-refractivity contribution in [2.45, 2.75) is 52.5 Å². The van der Waals surface area contributed by atoms with Crippen molar-refractivity contribution in [2.75, 3.05) is 13.1 Å². The average molecular weight is 466 g/mol. The lowest BCUT2D eigenvalue weighted by molar-refractivity contribution is 0.0957. The first-order chi connectivity index (χ1) is 11.0. The minimum Gasteiger partial charge on any atom is -0.370 e. The second kappa shape index (κ2) is 13.5. The van der Waals surface area contributed by atoms with Gasteiger partial charge in [-0.15, -0.1) is 35.3 Å². The molecule has 0 aromatic carbocycles. The molecule has 0 saturated heterocycles. The maximum Gasteiger partial charge on any atom is 0.261 e. The van der Waals surface area contributed by atoms with Crippen molar-refractivity contribution < 1.29 is 4.79 Å². The number of guanidine groups is 1. The minimum atomic E-state index is -0.0196. The van der Waals surface area contributed by atoms with Crippen molar-refractivity contribution in [2.24, 2.45) is 16.6 Å². The molecule has 1 heterocycles. The van der Waals surface area contributed by atoms with Crippen molar-refractivity contribution in [3.8, 4) is 0 Å². The van der Waals surface area contributed by atoms with Gasteiger partial charge in [0.05, 0.1) is 4.88 Å². The number of amides is 1. The van der Waals surface area contributed by atoms with Gasteiger partial charge in [0, 0.05) is 19.1 Å². The number of halogens is 1. The lowest BCUT2D eigenvalue weighted by atomic mass is 10.0. The van der Waals surface area contributed by atoms with Gasteiger partial charge in [0.1, 0.15) is 0 Å². The molecule has 0 spiro atoms. The van der Waals surface area contributed by atoms with E-state index in [-0.39, 0.29) is 29.9 Å². The Morgan fingerprint density at radius 2 is 2.04 bits per heavy atom. The molecule has 5 nitrogen and oxygen atoms in total. The topological polar surface area (TPSA) is 79.5 Å². The highest BCUT2D eigenvalue weighted by atomic mass is 127. The van der Waals surface area contributed by atoms with E-state index in [1.54, 1.807) is 0 Å². The zero-order valence-electron chi connectivity index (χ0n) is 14.9. The summed E-state index contributed by atoms with van der Waals surface area (Å²) in [7, 11) is 0. The van der Waals surface area contributed by atoms with Crippen LogP contribution in [0.4, 0.5) is 0 Å². The van der Waals surface area contributed by atoms with E-state index in [0.29, 0.717) is 25.1 Å². The van der Waals surface area contributed by atoms with Gasteiger partial charge in [-0.2, -0.15) is 0 Å². The fourth-order valence-corrected chi connectivity index (χ4v) is 2.82. The zero-order chi connectivity index (χ0) is 17.1. The Bertz CT molecular complexity index is 477. The summed E-state index contributed by atoms with van der Waals surface area (Å²) in [6, 6.07) is 4.04. The monoisotopic (exact) mass is 466 g/mol. The molecular weight excluding hydrogens is 435 g/mol. The third-order valence-corrected chi connectivity index (χ3v) is 4.33. The fourth-order valence-electron chi connectivity index (χ4n) is 2.18. The van der Waals surface area contributed by atoms with Crippen molar-refractivity contribution in [1.29, 1.82) is 0 Å². The molecule has 1 aromatic heterocycles. The summed E-state index contributed by atoms with van der Waals surface area (Å²) in [6.45, 7) is 7.83. The van der Waals surface area contributed by atoms with Crippen LogP contribution >= 0.6 is 35.3 Å². The number of rotatable bonds is 10. The van der Waals surface area contributed by atoms with Crippen LogP contribution in [0, 0.1) is 5.92 Å². The molecule has 1 aromatic rings. The number of hydrogen-bond acceptors (Lipinski definition) is 3. The van der Waals surface area contributed by atoms with Crippen molar-refractivity contribution >= 4 is 47.2 Å². The Morgan fingerprint density at radius 3 is 2.67 bits per heavy atom. The van der Waals surface area contributed by atoms with Crippen molar-refractivity contribution in [3.05, 3.63) is 22.4 Å². The number of nitrogens with one attached hydrogen (secondary N) is 2. The predicted octanol–water partition coefficient (Wildman–Crippen LogP) is 3.61. The maximum absolute atomic E-state index is 11.7. The first-order valence-electron chi connectivity index (χ1n) is 8.37. The Hall–Kier alpha value is -0.830. The Morgan fingerprint density at radius 1 is 1.29 bits per heavy atom. The van der Waals surface area contributed by atoms with Crippen LogP contribution in [0.1, 0.15) is 56.1 Å². The largest absolute Gasteiger partial charge is 0.370 e. The van der Waals surface area contributed by atoms with Crippen LogP contribution in [0.25, 0.3) is 0 Å². The van der Waals surface area contributed by atoms with Crippen LogP contribution in [0.15, 0.2) is 22.5 Å². The summed E-state index contributed by atoms with van der Waals surface area (Å²) >= 11 is 1.45. The number of carbonyl (C=O) groups is 1. The number of nitrogens with zero attached hydrogens (tertiary/aromatic N) is 1. The van der Waals surface area contributed by atoms with Gasteiger partial charge in [-0.05, 0) is 37.1 Å². The Kier molecular flexibility index (Phi) is 13.0. The van der Waals surface area contributed by atoms with Crippen LogP contribution in [0.3, 0.4) is 0 Å². The molecule has 1 unspecified atom stereocenters. The molecule has 0 aliphatic rings. The number of nitrogens with two attached hydrogens (primary N) is 1. The third-order valence-electron chi connectivity index (χ3n) is 3.46. The quantitative estimate of drug-likeness (QED) is 0.213. The summed E-state index contributed by atoms with van der Waals surface area (Å²) < 4.78 is 0. The zero-order valence-corrected chi connectivity index (χ0v) is 18.0. The fraction of sp³-hybridized carbons (Fsp3) is 0.647. The van der Waals surface area contributed by atoms with Crippen LogP contribution in [-0.4, -0.2) is 31.0 Å². The molecule has 0 radical (unpaired) electrons. The second-order valence-corrected chi connectivity index (χ2v) is 7.17. The van der Waals surface area contributed by atoms with Gasteiger partial charge in [0.2, 0.25) is 0 Å². The molecule has 7 heteroatoms. The SMILES string of the molecule is CC(C)CCCC(C)NC(N)=NCCCNC(=O)c1cccs1.I. The summed E-state index contributed by atoms with van der Waals surface area (Å²) in [6.07, 6.45) is 4.33. The summed E-state index contributed by atoms with van der Waals surface area (Å²) in [5.74, 6) is 1.22. The van der Waals surface area contributed by atoms with Gasteiger partial charge in [0.25, 0.3) is 5.91 Å². The molecule has 138 valence electrons. The standard InChI is InChI=1S/C17H30N4OS.HI/c1-13(2)7-4-8-14(3)21-17(18)20-11-6-10-19-16(22)15-9-5-12-23-15;/h5,9,12-14H,4,6-8,10-11H2,1-3H3,(H,19,22)(H3,18,20,21);1H. The molecule has 1 rings (SSSR count). The Labute approximate surface area is 166 Å². The molecule has 0 aliphatic carbocycles. The van der Waals surface area contributed by atoms with Gasteiger partial charge in [-0.25, -0.2) is 0 Å². The molecule has 0 bridgehead atoms. The van der Waals surface area contributed by atoms with Crippen LogP contribution in [0.2, 0.25) is 0 Å². The Balaban J connectivity index is 0.00000529. The molecule has 1 amide bonds. The highest BCUT2D eigenvalue weighted by Crippen LogP contribution is 2.08. The first kappa shape index (κ1) is 23.2. The van der Waals surface area contributed by atoms with Crippen LogP contribution in [-0.2, 0) is 0 Å². The average Bonchev–Trinajstić information content (AvgIpc) is 3.00. The third kappa shape index (κ3) is 10.9. The smallest absolute Gasteiger partial charge is 0.261 e. The number of thiophene rings is 1. The van der Waals surface area contributed by atoms with E-state index >= 15 is 0 Å². The number of carbonyl (C=O) groups excluding carboxylic acids is 1. The van der Waals surface area contributed by atoms with E-state index in [1.807, 2.05) is 17.5 Å². The van der Waals surface area contributed by atoms with E-state index < -0.39 is 0 Å². The molecular formula is C17H31IN4OS. The maximum atomic E-state index is 11.7. The summed E-state index contributed by atoms with van der Waals surface area (Å²) in [4.78, 5) is 16.8. The second-order valence-electron chi connectivity index (χ2n) is 6.22. The van der Waals surface area contributed by atoms with Gasteiger partial charge >= 0.3 is 0 Å². The van der Waals surface area contributed by atoms with Gasteiger partial charge in [-0.3, -0.25) is 9.79 Å².